The number of aryl methyl sites for hydroxylation is 1. The average Bonchev–Trinajstić information content (AvgIpc) is 3.02. The molecule has 1 amide bonds. The summed E-state index contributed by atoms with van der Waals surface area (Å²) in [5.41, 5.74) is 7.36. The normalized spacial score (nSPS) is 11.5. The number of hydrogen-bond acceptors (Lipinski definition) is 5. The number of aromatic nitrogens is 2. The number of para-hydroxylation sites is 2. The van der Waals surface area contributed by atoms with Crippen molar-refractivity contribution in [3.8, 4) is 0 Å². The second-order valence-corrected chi connectivity index (χ2v) is 9.26. The molecular weight excluding hydrogens is 424 g/mol. The zero-order chi connectivity index (χ0) is 21.9. The first kappa shape index (κ1) is 21.7. The Balaban J connectivity index is 1.58. The maximum Gasteiger partial charge on any atom is 0.245 e. The number of hydrazine groups is 1. The Bertz CT molecular complexity index is 1200. The number of anilines is 1. The van der Waals surface area contributed by atoms with Crippen molar-refractivity contribution in [2.75, 3.05) is 19.4 Å². The number of sulfonamides is 1. The molecule has 3 aromatic rings. The molecule has 9 nitrogen and oxygen atoms in total. The molecule has 0 spiro atoms. The quantitative estimate of drug-likeness (QED) is 0.401. The molecule has 11 heteroatoms. The number of carbonyl (C=O) groups is 1. The fourth-order valence-corrected chi connectivity index (χ4v) is 3.89. The molecule has 3 N–H and O–H groups in total. The summed E-state index contributed by atoms with van der Waals surface area (Å²) < 4.78 is 27.5. The molecule has 30 heavy (non-hydrogen) atoms. The number of nitrogens with one attached hydrogen (secondary N) is 3. The average molecular weight is 447 g/mol. The monoisotopic (exact) mass is 446 g/mol. The number of imidazole rings is 1. The molecule has 0 radical (unpaired) electrons. The molecule has 1 heterocycles. The molecule has 1 aromatic heterocycles. The van der Waals surface area contributed by atoms with E-state index in [-0.39, 0.29) is 22.3 Å². The van der Waals surface area contributed by atoms with E-state index in [1.54, 1.807) is 12.1 Å². The lowest BCUT2D eigenvalue weighted by atomic mass is 10.3. The number of amides is 1. The van der Waals surface area contributed by atoms with Crippen molar-refractivity contribution in [3.63, 3.8) is 0 Å². The summed E-state index contributed by atoms with van der Waals surface area (Å²) in [6.45, 7) is 0. The molecule has 0 bridgehead atoms. The Labute approximate surface area is 180 Å². The van der Waals surface area contributed by atoms with Gasteiger partial charge in [0.05, 0.1) is 22.3 Å². The van der Waals surface area contributed by atoms with Gasteiger partial charge in [-0.15, -0.1) is 0 Å². The summed E-state index contributed by atoms with van der Waals surface area (Å²) in [6.07, 6.45) is 0.0668. The second-order valence-electron chi connectivity index (χ2n) is 6.70. The number of carbonyl (C=O) groups excluding carboxylic acids is 1. The Hall–Kier alpha value is -3.02. The minimum atomic E-state index is -3.56. The van der Waals surface area contributed by atoms with Gasteiger partial charge in [-0.3, -0.25) is 15.6 Å². The summed E-state index contributed by atoms with van der Waals surface area (Å²) in [6, 6.07) is 13.9. The van der Waals surface area contributed by atoms with Crippen molar-refractivity contribution in [1.29, 1.82) is 0 Å². The van der Waals surface area contributed by atoms with Crippen LogP contribution in [0.4, 0.5) is 5.69 Å². The van der Waals surface area contributed by atoms with E-state index in [2.05, 4.69) is 21.2 Å². The molecule has 0 saturated carbocycles. The molecule has 0 atom stereocenters. The zero-order valence-electron chi connectivity index (χ0n) is 16.7. The van der Waals surface area contributed by atoms with Gasteiger partial charge in [-0.2, -0.15) is 0 Å². The van der Waals surface area contributed by atoms with Crippen molar-refractivity contribution >= 4 is 50.0 Å². The summed E-state index contributed by atoms with van der Waals surface area (Å²) in [5, 5.41) is 2.97. The Morgan fingerprint density at radius 1 is 1.13 bits per heavy atom. The third kappa shape index (κ3) is 4.75. The van der Waals surface area contributed by atoms with Crippen LogP contribution in [0.2, 0.25) is 0 Å². The van der Waals surface area contributed by atoms with E-state index in [4.69, 9.17) is 12.2 Å². The van der Waals surface area contributed by atoms with Crippen LogP contribution in [0.15, 0.2) is 53.4 Å². The second kappa shape index (κ2) is 8.78. The number of thiocarbonyl (C=S) groups is 1. The van der Waals surface area contributed by atoms with Crippen molar-refractivity contribution < 1.29 is 13.2 Å². The summed E-state index contributed by atoms with van der Waals surface area (Å²) >= 11 is 5.17. The van der Waals surface area contributed by atoms with Crippen molar-refractivity contribution in [1.82, 2.24) is 24.7 Å². The molecule has 0 aliphatic heterocycles. The van der Waals surface area contributed by atoms with Crippen LogP contribution in [0.25, 0.3) is 11.0 Å². The van der Waals surface area contributed by atoms with Crippen LogP contribution in [-0.2, 0) is 28.3 Å². The number of benzene rings is 2. The van der Waals surface area contributed by atoms with Gasteiger partial charge < -0.3 is 9.88 Å². The lowest BCUT2D eigenvalue weighted by Crippen LogP contribution is -2.44. The van der Waals surface area contributed by atoms with Gasteiger partial charge >= 0.3 is 0 Å². The number of fused-ring (bicyclic) bond motifs is 1. The van der Waals surface area contributed by atoms with Crippen LogP contribution in [0, 0.1) is 0 Å². The standard InChI is InChI=1S/C19H22N6O3S2/c1-24(2)30(27,28)14-8-6-7-13(11-14)20-19(29)23-22-18(26)12-17-21-15-9-4-5-10-16(15)25(17)3/h4-11H,12H2,1-3H3,(H,22,26)(H2,20,23,29). The molecule has 3 rings (SSSR count). The summed E-state index contributed by atoms with van der Waals surface area (Å²) in [5.74, 6) is 0.303. The highest BCUT2D eigenvalue weighted by Crippen LogP contribution is 2.18. The molecular formula is C19H22N6O3S2. The third-order valence-electron chi connectivity index (χ3n) is 4.38. The highest BCUT2D eigenvalue weighted by atomic mass is 32.2. The van der Waals surface area contributed by atoms with Gasteiger partial charge in [-0.05, 0) is 42.5 Å². The number of rotatable bonds is 5. The van der Waals surface area contributed by atoms with Crippen LogP contribution in [-0.4, -0.2) is 47.4 Å². The predicted octanol–water partition coefficient (Wildman–Crippen LogP) is 1.38. The molecule has 0 unspecified atom stereocenters. The largest absolute Gasteiger partial charge is 0.331 e. The number of nitrogens with zero attached hydrogens (tertiary/aromatic N) is 3. The van der Waals surface area contributed by atoms with E-state index in [0.717, 1.165) is 15.3 Å². The van der Waals surface area contributed by atoms with Crippen LogP contribution in [0.5, 0.6) is 0 Å². The molecule has 0 saturated heterocycles. The minimum Gasteiger partial charge on any atom is -0.331 e. The minimum absolute atomic E-state index is 0.0668. The van der Waals surface area contributed by atoms with E-state index in [9.17, 15) is 13.2 Å². The Morgan fingerprint density at radius 3 is 2.57 bits per heavy atom. The van der Waals surface area contributed by atoms with Gasteiger partial charge in [0.25, 0.3) is 0 Å². The van der Waals surface area contributed by atoms with Gasteiger partial charge in [-0.1, -0.05) is 18.2 Å². The predicted molar refractivity (Wildman–Crippen MR) is 119 cm³/mol. The zero-order valence-corrected chi connectivity index (χ0v) is 18.3. The van der Waals surface area contributed by atoms with Crippen LogP contribution in [0.1, 0.15) is 5.82 Å². The van der Waals surface area contributed by atoms with Crippen LogP contribution < -0.4 is 16.2 Å². The first-order chi connectivity index (χ1) is 14.2. The molecule has 0 aliphatic carbocycles. The smallest absolute Gasteiger partial charge is 0.245 e. The Morgan fingerprint density at radius 2 is 1.87 bits per heavy atom. The molecule has 2 aromatic carbocycles. The molecule has 0 aliphatic rings. The maximum atomic E-state index is 12.3. The Kier molecular flexibility index (Phi) is 6.34. The highest BCUT2D eigenvalue weighted by molar-refractivity contribution is 7.89. The fourth-order valence-electron chi connectivity index (χ4n) is 2.78. The van der Waals surface area contributed by atoms with Gasteiger partial charge in [0.15, 0.2) is 5.11 Å². The first-order valence-electron chi connectivity index (χ1n) is 8.97. The van der Waals surface area contributed by atoms with E-state index in [1.807, 2.05) is 35.9 Å². The van der Waals surface area contributed by atoms with Crippen LogP contribution in [0.3, 0.4) is 0 Å². The van der Waals surface area contributed by atoms with E-state index in [0.29, 0.717) is 11.5 Å². The summed E-state index contributed by atoms with van der Waals surface area (Å²) in [4.78, 5) is 16.8. The van der Waals surface area contributed by atoms with Gasteiger partial charge in [-0.25, -0.2) is 17.7 Å². The van der Waals surface area contributed by atoms with E-state index >= 15 is 0 Å². The first-order valence-corrected chi connectivity index (χ1v) is 10.8. The van der Waals surface area contributed by atoms with E-state index in [1.165, 1.54) is 26.2 Å². The number of hydrogen-bond donors (Lipinski definition) is 3. The van der Waals surface area contributed by atoms with Crippen molar-refractivity contribution in [2.24, 2.45) is 7.05 Å². The SMILES string of the molecule is CN(C)S(=O)(=O)c1cccc(NC(=S)NNC(=O)Cc2nc3ccccc3n2C)c1. The van der Waals surface area contributed by atoms with E-state index < -0.39 is 10.0 Å². The van der Waals surface area contributed by atoms with Crippen LogP contribution >= 0.6 is 12.2 Å². The summed E-state index contributed by atoms with van der Waals surface area (Å²) in [7, 11) is 1.21. The topological polar surface area (TPSA) is 108 Å². The lowest BCUT2D eigenvalue weighted by Gasteiger charge is -2.14. The van der Waals surface area contributed by atoms with Crippen molar-refractivity contribution in [2.45, 2.75) is 11.3 Å². The third-order valence-corrected chi connectivity index (χ3v) is 6.40. The maximum absolute atomic E-state index is 12.3. The van der Waals surface area contributed by atoms with Gasteiger partial charge in [0, 0.05) is 26.8 Å². The molecule has 0 fully saturated rings. The molecule has 158 valence electrons. The van der Waals surface area contributed by atoms with Crippen molar-refractivity contribution in [3.05, 3.63) is 54.4 Å². The fraction of sp³-hybridized carbons (Fsp3) is 0.211. The lowest BCUT2D eigenvalue weighted by molar-refractivity contribution is -0.121. The highest BCUT2D eigenvalue weighted by Gasteiger charge is 2.17. The van der Waals surface area contributed by atoms with Gasteiger partial charge in [0.2, 0.25) is 15.9 Å². The van der Waals surface area contributed by atoms with Gasteiger partial charge in [0.1, 0.15) is 5.82 Å².